The van der Waals surface area contributed by atoms with Crippen LogP contribution >= 0.6 is 0 Å². The Balaban J connectivity index is 1.42. The van der Waals surface area contributed by atoms with Crippen molar-refractivity contribution in [1.29, 1.82) is 0 Å². The summed E-state index contributed by atoms with van der Waals surface area (Å²) in [7, 11) is 8.91. The molecule has 4 aromatic carbocycles. The number of likely N-dealkylation sites (N-methyl/N-ethyl adjacent to an activating group) is 1. The molecule has 5 aromatic rings. The van der Waals surface area contributed by atoms with Crippen LogP contribution in [0.2, 0.25) is 0 Å². The second-order valence-electron chi connectivity index (χ2n) is 13.4. The Morgan fingerprint density at radius 1 is 0.769 bits per heavy atom. The molecule has 270 valence electrons. The molecule has 0 amide bonds. The van der Waals surface area contributed by atoms with Crippen LogP contribution in [0.4, 0.5) is 0 Å². The molecule has 0 radical (unpaired) electrons. The van der Waals surface area contributed by atoms with Crippen LogP contribution in [0.1, 0.15) is 50.7 Å². The molecule has 1 N–H and O–H groups in total. The molecule has 0 saturated heterocycles. The predicted molar refractivity (Wildman–Crippen MR) is 202 cm³/mol. The molecule has 4 heterocycles. The van der Waals surface area contributed by atoms with Gasteiger partial charge in [0, 0.05) is 43.0 Å². The van der Waals surface area contributed by atoms with Gasteiger partial charge in [-0.25, -0.2) is 0 Å². The normalized spacial score (nSPS) is 15.4. The van der Waals surface area contributed by atoms with E-state index in [4.69, 9.17) is 28.4 Å². The van der Waals surface area contributed by atoms with E-state index in [2.05, 4.69) is 65.6 Å². The van der Waals surface area contributed by atoms with Crippen LogP contribution in [-0.2, 0) is 38.8 Å². The van der Waals surface area contributed by atoms with Crippen LogP contribution in [0.3, 0.4) is 0 Å². The van der Waals surface area contributed by atoms with E-state index in [9.17, 15) is 0 Å². The van der Waals surface area contributed by atoms with E-state index in [1.54, 1.807) is 28.4 Å². The van der Waals surface area contributed by atoms with Crippen molar-refractivity contribution in [3.8, 4) is 46.0 Å². The second kappa shape index (κ2) is 15.6. The molecule has 6 bridgehead atoms. The lowest BCUT2D eigenvalue weighted by molar-refractivity contribution is 0.220. The largest absolute Gasteiger partial charge is 0.493 e. The lowest BCUT2D eigenvalue weighted by Gasteiger charge is -2.38. The minimum Gasteiger partial charge on any atom is -0.493 e. The van der Waals surface area contributed by atoms with Crippen LogP contribution in [0.5, 0.6) is 46.0 Å². The average molecular weight is 702 g/mol. The highest BCUT2D eigenvalue weighted by atomic mass is 16.5. The van der Waals surface area contributed by atoms with Crippen LogP contribution in [-0.4, -0.2) is 51.9 Å². The zero-order valence-corrected chi connectivity index (χ0v) is 30.9. The SMILES string of the molecule is COc1ccc2cc1Oc1ccc(cc1)CCc1cc(c(OC)cc1C)Oc1c(OC)c(OC)c(CNCc3ccccn3)c3c1C(C2)N(C)CC3. The highest BCUT2D eigenvalue weighted by Gasteiger charge is 2.36. The summed E-state index contributed by atoms with van der Waals surface area (Å²) in [6, 6.07) is 24.6. The van der Waals surface area contributed by atoms with E-state index >= 15 is 0 Å². The van der Waals surface area contributed by atoms with Gasteiger partial charge < -0.3 is 33.7 Å². The summed E-state index contributed by atoms with van der Waals surface area (Å²) in [5.74, 6) is 5.25. The van der Waals surface area contributed by atoms with Gasteiger partial charge in [0.2, 0.25) is 5.75 Å². The van der Waals surface area contributed by atoms with Gasteiger partial charge in [0.25, 0.3) is 0 Å². The van der Waals surface area contributed by atoms with Crippen LogP contribution in [0.25, 0.3) is 0 Å². The van der Waals surface area contributed by atoms with Gasteiger partial charge >= 0.3 is 0 Å². The van der Waals surface area contributed by atoms with Crippen molar-refractivity contribution in [2.24, 2.45) is 0 Å². The van der Waals surface area contributed by atoms with Gasteiger partial charge in [0.1, 0.15) is 5.75 Å². The third-order valence-corrected chi connectivity index (χ3v) is 10.3. The Morgan fingerprint density at radius 3 is 2.27 bits per heavy atom. The van der Waals surface area contributed by atoms with Gasteiger partial charge in [0.15, 0.2) is 34.5 Å². The molecular weight excluding hydrogens is 654 g/mol. The van der Waals surface area contributed by atoms with E-state index in [1.807, 2.05) is 42.6 Å². The van der Waals surface area contributed by atoms with Gasteiger partial charge in [-0.3, -0.25) is 9.88 Å². The van der Waals surface area contributed by atoms with Crippen LogP contribution < -0.4 is 33.7 Å². The fourth-order valence-corrected chi connectivity index (χ4v) is 7.47. The van der Waals surface area contributed by atoms with Crippen molar-refractivity contribution in [3.63, 3.8) is 0 Å². The van der Waals surface area contributed by atoms with E-state index in [0.717, 1.165) is 59.5 Å². The molecule has 9 nitrogen and oxygen atoms in total. The van der Waals surface area contributed by atoms with Crippen LogP contribution in [0, 0.1) is 6.92 Å². The molecule has 0 spiro atoms. The maximum absolute atomic E-state index is 7.09. The molecule has 52 heavy (non-hydrogen) atoms. The Hall–Kier alpha value is -5.25. The molecule has 8 rings (SSSR count). The minimum atomic E-state index is -0.0663. The molecule has 1 unspecified atom stereocenters. The monoisotopic (exact) mass is 701 g/mol. The summed E-state index contributed by atoms with van der Waals surface area (Å²) in [6.45, 7) is 4.15. The van der Waals surface area contributed by atoms with Crippen molar-refractivity contribution in [1.82, 2.24) is 15.2 Å². The summed E-state index contributed by atoms with van der Waals surface area (Å²) in [4.78, 5) is 6.91. The fourth-order valence-electron chi connectivity index (χ4n) is 7.47. The van der Waals surface area contributed by atoms with Crippen molar-refractivity contribution in [3.05, 3.63) is 124 Å². The molecular formula is C43H47N3O6. The van der Waals surface area contributed by atoms with E-state index < -0.39 is 0 Å². The number of rotatable bonds is 8. The van der Waals surface area contributed by atoms with Gasteiger partial charge in [-0.2, -0.15) is 0 Å². The standard InChI is InChI=1S/C43H47N3O6/c1-27-21-37(48-4)39-24-30(27)14-10-28-11-15-32(16-12-28)51-38-23-29(13-17-36(38)47-3)22-35-40-33(18-20-46(35)2)34(26-44-25-31-9-7-8-19-45-31)41(49-5)43(50-6)42(40)52-39/h7-9,11-13,15-17,19,21,23-24,35,44H,10,14,18,20,22,25-26H2,1-6H3. The van der Waals surface area contributed by atoms with Gasteiger partial charge in [0.05, 0.1) is 34.1 Å². The highest BCUT2D eigenvalue weighted by Crippen LogP contribution is 2.53. The first-order chi connectivity index (χ1) is 25.4. The fraction of sp³-hybridized carbons (Fsp3) is 0.326. The van der Waals surface area contributed by atoms with Gasteiger partial charge in [-0.15, -0.1) is 0 Å². The van der Waals surface area contributed by atoms with Gasteiger partial charge in [-0.1, -0.05) is 24.3 Å². The lowest BCUT2D eigenvalue weighted by atomic mass is 9.84. The first-order valence-corrected chi connectivity index (χ1v) is 17.8. The third kappa shape index (κ3) is 7.11. The molecule has 1 aromatic heterocycles. The molecule has 0 saturated carbocycles. The van der Waals surface area contributed by atoms with Crippen molar-refractivity contribution in [2.75, 3.05) is 42.0 Å². The Kier molecular flexibility index (Phi) is 10.5. The van der Waals surface area contributed by atoms with Crippen molar-refractivity contribution in [2.45, 2.75) is 51.7 Å². The second-order valence-corrected chi connectivity index (χ2v) is 13.4. The molecule has 3 aliphatic heterocycles. The minimum absolute atomic E-state index is 0.0663. The number of fused-ring (bicyclic) bond motifs is 3. The highest BCUT2D eigenvalue weighted by molar-refractivity contribution is 5.67. The predicted octanol–water partition coefficient (Wildman–Crippen LogP) is 8.17. The van der Waals surface area contributed by atoms with Crippen LogP contribution in [0.15, 0.2) is 79.0 Å². The first-order valence-electron chi connectivity index (χ1n) is 17.8. The molecule has 1 atom stereocenters. The Bertz CT molecular complexity index is 2030. The number of nitrogens with zero attached hydrogens (tertiary/aromatic N) is 2. The topological polar surface area (TPSA) is 83.5 Å². The maximum atomic E-state index is 7.09. The Labute approximate surface area is 306 Å². The number of hydrogen-bond acceptors (Lipinski definition) is 9. The maximum Gasteiger partial charge on any atom is 0.204 e. The number of nitrogens with one attached hydrogen (secondary N) is 1. The Morgan fingerprint density at radius 2 is 1.54 bits per heavy atom. The first kappa shape index (κ1) is 35.2. The van der Waals surface area contributed by atoms with E-state index in [0.29, 0.717) is 59.8 Å². The number of aryl methyl sites for hydroxylation is 3. The number of ether oxygens (including phenoxy) is 6. The zero-order valence-electron chi connectivity index (χ0n) is 30.9. The molecule has 3 aliphatic rings. The molecule has 0 fully saturated rings. The third-order valence-electron chi connectivity index (χ3n) is 10.3. The lowest BCUT2D eigenvalue weighted by Crippen LogP contribution is -2.35. The molecule has 0 aliphatic carbocycles. The summed E-state index contributed by atoms with van der Waals surface area (Å²) >= 11 is 0. The number of hydrogen-bond donors (Lipinski definition) is 1. The zero-order chi connectivity index (χ0) is 36.2. The summed E-state index contributed by atoms with van der Waals surface area (Å²) < 4.78 is 37.7. The van der Waals surface area contributed by atoms with Crippen molar-refractivity contribution >= 4 is 0 Å². The summed E-state index contributed by atoms with van der Waals surface area (Å²) in [5.41, 5.74) is 8.91. The number of pyridine rings is 1. The average Bonchev–Trinajstić information content (AvgIpc) is 3.16. The summed E-state index contributed by atoms with van der Waals surface area (Å²) in [6.07, 6.45) is 4.99. The number of aromatic nitrogens is 1. The smallest absolute Gasteiger partial charge is 0.204 e. The quantitative estimate of drug-likeness (QED) is 0.172. The van der Waals surface area contributed by atoms with Gasteiger partial charge in [-0.05, 0) is 116 Å². The van der Waals surface area contributed by atoms with Crippen molar-refractivity contribution < 1.29 is 28.4 Å². The van der Waals surface area contributed by atoms with E-state index in [1.165, 1.54) is 16.7 Å². The number of methoxy groups -OCH3 is 4. The van der Waals surface area contributed by atoms with E-state index in [-0.39, 0.29) is 6.04 Å². The number of benzene rings is 4. The summed E-state index contributed by atoms with van der Waals surface area (Å²) in [5, 5.41) is 3.63. The molecule has 9 heteroatoms.